The van der Waals surface area contributed by atoms with Gasteiger partial charge in [-0.05, 0) is 61.4 Å². The van der Waals surface area contributed by atoms with Gasteiger partial charge in [0.15, 0.2) is 15.5 Å². The second-order valence-electron chi connectivity index (χ2n) is 7.32. The van der Waals surface area contributed by atoms with Gasteiger partial charge in [0.25, 0.3) is 5.91 Å². The molecule has 1 unspecified atom stereocenters. The molecule has 8 nitrogen and oxygen atoms in total. The second-order valence-corrected chi connectivity index (χ2v) is 9.55. The Kier molecular flexibility index (Phi) is 5.29. The summed E-state index contributed by atoms with van der Waals surface area (Å²) in [4.78, 5) is 16.9. The van der Waals surface area contributed by atoms with Crippen molar-refractivity contribution < 1.29 is 17.9 Å². The number of amides is 1. The number of sulfone groups is 1. The fraction of sp³-hybridized carbons (Fsp3) is 0.286. The van der Waals surface area contributed by atoms with Crippen LogP contribution in [0.1, 0.15) is 28.5 Å². The van der Waals surface area contributed by atoms with Crippen molar-refractivity contribution in [2.75, 3.05) is 23.9 Å². The van der Waals surface area contributed by atoms with E-state index in [4.69, 9.17) is 4.74 Å². The van der Waals surface area contributed by atoms with Crippen molar-refractivity contribution in [1.29, 1.82) is 0 Å². The number of methoxy groups -OCH3 is 1. The molecule has 1 aliphatic rings. The Labute approximate surface area is 174 Å². The molecule has 1 aromatic carbocycles. The highest BCUT2D eigenvalue weighted by atomic mass is 32.2. The van der Waals surface area contributed by atoms with Crippen LogP contribution in [0.4, 0.5) is 5.82 Å². The first kappa shape index (κ1) is 20.1. The zero-order valence-electron chi connectivity index (χ0n) is 16.7. The third-order valence-corrected chi connectivity index (χ3v) is 6.82. The molecule has 1 aliphatic heterocycles. The molecule has 0 spiro atoms. The summed E-state index contributed by atoms with van der Waals surface area (Å²) in [6, 6.07) is 12.3. The summed E-state index contributed by atoms with van der Waals surface area (Å²) in [6.45, 7) is 1.91. The molecule has 1 atom stereocenters. The van der Waals surface area contributed by atoms with Gasteiger partial charge in [-0.25, -0.2) is 13.4 Å². The fourth-order valence-corrected chi connectivity index (χ4v) is 5.21. The number of carbonyl (C=O) groups is 1. The van der Waals surface area contributed by atoms with Gasteiger partial charge in [-0.15, -0.1) is 0 Å². The largest absolute Gasteiger partial charge is 0.497 e. The SMILES string of the molecule is COc1ccc(-c2cc(C(=O)Nc3cc(C)ccn3)nn2C2CCS(=O)(=O)C2)cc1. The smallest absolute Gasteiger partial charge is 0.277 e. The molecule has 4 rings (SSSR count). The lowest BCUT2D eigenvalue weighted by atomic mass is 10.1. The van der Waals surface area contributed by atoms with Crippen molar-refractivity contribution >= 4 is 21.6 Å². The van der Waals surface area contributed by atoms with Gasteiger partial charge in [0, 0.05) is 11.8 Å². The van der Waals surface area contributed by atoms with E-state index in [2.05, 4.69) is 15.4 Å². The zero-order valence-corrected chi connectivity index (χ0v) is 17.5. The van der Waals surface area contributed by atoms with Crippen molar-refractivity contribution in [2.45, 2.75) is 19.4 Å². The topological polar surface area (TPSA) is 103 Å². The monoisotopic (exact) mass is 426 g/mol. The maximum Gasteiger partial charge on any atom is 0.277 e. The van der Waals surface area contributed by atoms with E-state index in [-0.39, 0.29) is 23.2 Å². The van der Waals surface area contributed by atoms with E-state index in [0.717, 1.165) is 11.1 Å². The van der Waals surface area contributed by atoms with Crippen LogP contribution in [-0.4, -0.2) is 47.7 Å². The normalized spacial score (nSPS) is 17.6. The molecule has 0 radical (unpaired) electrons. The second kappa shape index (κ2) is 7.91. The minimum Gasteiger partial charge on any atom is -0.497 e. The lowest BCUT2D eigenvalue weighted by Gasteiger charge is -2.13. The average molecular weight is 426 g/mol. The number of carbonyl (C=O) groups excluding carboxylic acids is 1. The van der Waals surface area contributed by atoms with Crippen molar-refractivity contribution in [3.05, 3.63) is 59.9 Å². The first-order valence-electron chi connectivity index (χ1n) is 9.53. The standard InChI is InChI=1S/C21H22N4O4S/c1-14-7-9-22-20(11-14)23-21(26)18-12-19(15-3-5-17(29-2)6-4-15)25(24-18)16-8-10-30(27,28)13-16/h3-7,9,11-12,16H,8,10,13H2,1-2H3,(H,22,23,26). The number of rotatable bonds is 5. The van der Waals surface area contributed by atoms with Gasteiger partial charge in [0.2, 0.25) is 0 Å². The molecule has 1 amide bonds. The first-order chi connectivity index (χ1) is 14.3. The summed E-state index contributed by atoms with van der Waals surface area (Å²) in [7, 11) is -1.52. The molecule has 9 heteroatoms. The molecule has 1 N–H and O–H groups in total. The van der Waals surface area contributed by atoms with Gasteiger partial charge >= 0.3 is 0 Å². The summed E-state index contributed by atoms with van der Waals surface area (Å²) in [5.41, 5.74) is 2.68. The number of aryl methyl sites for hydroxylation is 1. The fourth-order valence-electron chi connectivity index (χ4n) is 3.51. The predicted octanol–water partition coefficient (Wildman–Crippen LogP) is 2.87. The van der Waals surface area contributed by atoms with E-state index in [1.165, 1.54) is 0 Å². The molecule has 3 heterocycles. The highest BCUT2D eigenvalue weighted by Gasteiger charge is 2.32. The molecule has 3 aromatic rings. The molecule has 156 valence electrons. The Morgan fingerprint density at radius 2 is 1.97 bits per heavy atom. The first-order valence-corrected chi connectivity index (χ1v) is 11.4. The van der Waals surface area contributed by atoms with Crippen LogP contribution < -0.4 is 10.1 Å². The number of nitrogens with one attached hydrogen (secondary N) is 1. The third-order valence-electron chi connectivity index (χ3n) is 5.07. The van der Waals surface area contributed by atoms with Gasteiger partial charge in [-0.3, -0.25) is 9.48 Å². The van der Waals surface area contributed by atoms with Crippen molar-refractivity contribution in [3.63, 3.8) is 0 Å². The molecule has 2 aromatic heterocycles. The lowest BCUT2D eigenvalue weighted by Crippen LogP contribution is -2.17. The van der Waals surface area contributed by atoms with Crippen LogP contribution in [0.5, 0.6) is 5.75 Å². The van der Waals surface area contributed by atoms with Gasteiger partial charge in [0.1, 0.15) is 11.6 Å². The van der Waals surface area contributed by atoms with E-state index in [1.54, 1.807) is 30.1 Å². The number of hydrogen-bond acceptors (Lipinski definition) is 6. The summed E-state index contributed by atoms with van der Waals surface area (Å²) in [6.07, 6.45) is 2.09. The molecule has 0 saturated carbocycles. The lowest BCUT2D eigenvalue weighted by molar-refractivity contribution is 0.102. The van der Waals surface area contributed by atoms with Crippen LogP contribution in [0.3, 0.4) is 0 Å². The number of hydrogen-bond donors (Lipinski definition) is 1. The van der Waals surface area contributed by atoms with Gasteiger partial charge in [-0.1, -0.05) is 0 Å². The Balaban J connectivity index is 1.70. The number of benzene rings is 1. The number of ether oxygens (including phenoxy) is 1. The Hall–Kier alpha value is -3.20. The Morgan fingerprint density at radius 3 is 2.60 bits per heavy atom. The molecule has 1 fully saturated rings. The average Bonchev–Trinajstić information content (AvgIpc) is 3.31. The minimum atomic E-state index is -3.11. The van der Waals surface area contributed by atoms with E-state index >= 15 is 0 Å². The van der Waals surface area contributed by atoms with Crippen molar-refractivity contribution in [3.8, 4) is 17.0 Å². The summed E-state index contributed by atoms with van der Waals surface area (Å²) in [5.74, 6) is 0.871. The number of aromatic nitrogens is 3. The zero-order chi connectivity index (χ0) is 21.3. The summed E-state index contributed by atoms with van der Waals surface area (Å²) >= 11 is 0. The molecular formula is C21H22N4O4S. The van der Waals surface area contributed by atoms with Crippen LogP contribution in [-0.2, 0) is 9.84 Å². The molecule has 1 saturated heterocycles. The highest BCUT2D eigenvalue weighted by Crippen LogP contribution is 2.31. The molecule has 0 bridgehead atoms. The van der Waals surface area contributed by atoms with Crippen LogP contribution in [0.25, 0.3) is 11.3 Å². The number of nitrogens with zero attached hydrogens (tertiary/aromatic N) is 3. The molecular weight excluding hydrogens is 404 g/mol. The summed E-state index contributed by atoms with van der Waals surface area (Å²) < 4.78 is 30.9. The van der Waals surface area contributed by atoms with E-state index in [9.17, 15) is 13.2 Å². The minimum absolute atomic E-state index is 0.0122. The number of pyridine rings is 1. The molecule has 0 aliphatic carbocycles. The Morgan fingerprint density at radius 1 is 1.20 bits per heavy atom. The van der Waals surface area contributed by atoms with Crippen LogP contribution in [0.2, 0.25) is 0 Å². The van der Waals surface area contributed by atoms with Gasteiger partial charge < -0.3 is 10.1 Å². The van der Waals surface area contributed by atoms with Gasteiger partial charge in [-0.2, -0.15) is 5.10 Å². The van der Waals surface area contributed by atoms with Crippen LogP contribution >= 0.6 is 0 Å². The van der Waals surface area contributed by atoms with E-state index < -0.39 is 15.7 Å². The van der Waals surface area contributed by atoms with E-state index in [0.29, 0.717) is 23.7 Å². The Bertz CT molecular complexity index is 1190. The highest BCUT2D eigenvalue weighted by molar-refractivity contribution is 7.91. The van der Waals surface area contributed by atoms with Crippen LogP contribution in [0, 0.1) is 6.92 Å². The maximum absolute atomic E-state index is 12.8. The van der Waals surface area contributed by atoms with Crippen molar-refractivity contribution in [2.24, 2.45) is 0 Å². The number of anilines is 1. The van der Waals surface area contributed by atoms with Gasteiger partial charge in [0.05, 0.1) is 30.4 Å². The van der Waals surface area contributed by atoms with E-state index in [1.807, 2.05) is 37.3 Å². The molecule has 30 heavy (non-hydrogen) atoms. The van der Waals surface area contributed by atoms with Crippen molar-refractivity contribution in [1.82, 2.24) is 14.8 Å². The van der Waals surface area contributed by atoms with Crippen LogP contribution in [0.15, 0.2) is 48.7 Å². The third kappa shape index (κ3) is 4.20. The quantitative estimate of drug-likeness (QED) is 0.673. The maximum atomic E-state index is 12.8. The predicted molar refractivity (Wildman–Crippen MR) is 113 cm³/mol. The summed E-state index contributed by atoms with van der Waals surface area (Å²) in [5, 5.41) is 7.23.